The number of piperazine rings is 1. The number of hydrogen-bond acceptors (Lipinski definition) is 22. The van der Waals surface area contributed by atoms with E-state index in [0.717, 1.165) is 36.7 Å². The Morgan fingerprint density at radius 3 is 1.91 bits per heavy atom. The highest BCUT2D eigenvalue weighted by Gasteiger charge is 2.78. The van der Waals surface area contributed by atoms with Gasteiger partial charge in [0.05, 0.1) is 34.5 Å². The van der Waals surface area contributed by atoms with E-state index in [0.29, 0.717) is 30.3 Å². The minimum atomic E-state index is -2.56. The SMILES string of the molecule is CC(=O)O[C@H]1C(=O)[C@@]2(C)[C@H]([C@H](OC(=O)c3ccccc3)[C@]3(O)C[C@H](OC(=O)[C@H](OC(=O)N(C)CCN(C)C(=O)OC(C)c4ccc([N+](=O)[O-])c(Oc5ccc(C(=O)N6CCN(C7CC7)CC6)cc5)c4)[C@@H](NC(=O)c4ccccc4)c4ccccc4)C(C)=C1C3(C)C)[C@]1(OC(C)=O)CO[C@@H]1C[C@@H]2O. The van der Waals surface area contributed by atoms with Crippen molar-refractivity contribution in [1.82, 2.24) is 24.9 Å². The van der Waals surface area contributed by atoms with Gasteiger partial charge in [-0.05, 0) is 117 Å². The molecule has 12 atom stereocenters. The molecule has 2 aliphatic heterocycles. The normalized spacial score (nSPS) is 25.8. The third kappa shape index (κ3) is 14.4. The number of esters is 4. The summed E-state index contributed by atoms with van der Waals surface area (Å²) in [5.74, 6) is -7.57. The number of Topliss-reactive ketones (excluding diaryl/α,β-unsaturated/α-hetero) is 1. The summed E-state index contributed by atoms with van der Waals surface area (Å²) >= 11 is 0. The average Bonchev–Trinajstić information content (AvgIpc) is 1.01. The van der Waals surface area contributed by atoms with Crippen molar-refractivity contribution in [1.29, 1.82) is 0 Å². The van der Waals surface area contributed by atoms with Gasteiger partial charge in [0.15, 0.2) is 17.5 Å². The predicted octanol–water partition coefficient (Wildman–Crippen LogP) is 8.26. The minimum absolute atomic E-state index is 0.000353. The minimum Gasteiger partial charge on any atom is -0.455 e. The van der Waals surface area contributed by atoms with E-state index in [1.165, 1.54) is 97.1 Å². The van der Waals surface area contributed by atoms with Crippen LogP contribution in [-0.4, -0.2) is 202 Å². The Balaban J connectivity index is 0.862. The van der Waals surface area contributed by atoms with Crippen LogP contribution in [-0.2, 0) is 52.3 Å². The van der Waals surface area contributed by atoms with Crippen molar-refractivity contribution < 1.29 is 96.2 Å². The Morgan fingerprint density at radius 2 is 1.34 bits per heavy atom. The number of nitrogens with zero attached hydrogens (tertiary/aromatic N) is 5. The Bertz CT molecular complexity index is 4070. The van der Waals surface area contributed by atoms with Gasteiger partial charge < -0.3 is 68.1 Å². The maximum Gasteiger partial charge on any atom is 0.410 e. The first-order valence-corrected chi connectivity index (χ1v) is 33.9. The topological polar surface area (TPSA) is 336 Å². The number of nitrogens with one attached hydrogen (secondary N) is 1. The zero-order valence-corrected chi connectivity index (χ0v) is 58.1. The molecule has 0 aromatic heterocycles. The smallest absolute Gasteiger partial charge is 0.410 e. The molecule has 5 aromatic rings. The van der Waals surface area contributed by atoms with E-state index in [1.54, 1.807) is 103 Å². The van der Waals surface area contributed by atoms with Crippen LogP contribution in [0.15, 0.2) is 145 Å². The number of carbonyl (C=O) groups excluding carboxylic acids is 9. The fourth-order valence-electron chi connectivity index (χ4n) is 15.0. The Labute approximate surface area is 589 Å². The molecule has 4 amide bonds. The molecule has 2 saturated heterocycles. The second kappa shape index (κ2) is 29.5. The van der Waals surface area contributed by atoms with Crippen LogP contribution in [0, 0.1) is 26.9 Å². The molecule has 5 aromatic carbocycles. The van der Waals surface area contributed by atoms with Gasteiger partial charge in [-0.1, -0.05) is 80.6 Å². The number of amides is 4. The molecule has 102 heavy (non-hydrogen) atoms. The zero-order chi connectivity index (χ0) is 73.3. The lowest BCUT2D eigenvalue weighted by atomic mass is 9.44. The van der Waals surface area contributed by atoms with Crippen LogP contribution in [0.2, 0.25) is 0 Å². The summed E-state index contributed by atoms with van der Waals surface area (Å²) in [7, 11) is 2.70. The first-order chi connectivity index (χ1) is 48.5. The Hall–Kier alpha value is -10.1. The number of benzene rings is 5. The zero-order valence-electron chi connectivity index (χ0n) is 58.1. The van der Waals surface area contributed by atoms with Crippen molar-refractivity contribution >= 4 is 59.3 Å². The van der Waals surface area contributed by atoms with E-state index in [-0.39, 0.29) is 70.4 Å². The molecule has 4 aliphatic carbocycles. The van der Waals surface area contributed by atoms with Crippen molar-refractivity contribution in [2.24, 2.45) is 16.7 Å². The number of fused-ring (bicyclic) bond motifs is 5. The van der Waals surface area contributed by atoms with Gasteiger partial charge in [0, 0.05) is 109 Å². The van der Waals surface area contributed by atoms with Crippen LogP contribution in [0.5, 0.6) is 11.5 Å². The summed E-state index contributed by atoms with van der Waals surface area (Å²) in [6, 6.07) is 33.0. The van der Waals surface area contributed by atoms with E-state index in [9.17, 15) is 53.9 Å². The molecule has 2 bridgehead atoms. The lowest BCUT2D eigenvalue weighted by molar-refractivity contribution is -0.385. The molecule has 1 unspecified atom stereocenters. The van der Waals surface area contributed by atoms with Crippen molar-refractivity contribution in [3.8, 4) is 11.5 Å². The van der Waals surface area contributed by atoms with E-state index in [4.69, 9.17) is 37.9 Å². The molecule has 0 radical (unpaired) electrons. The number of carbonyl (C=O) groups is 9. The summed E-state index contributed by atoms with van der Waals surface area (Å²) in [6.45, 7) is 11.5. The van der Waals surface area contributed by atoms with Crippen molar-refractivity contribution in [2.45, 2.75) is 140 Å². The lowest BCUT2D eigenvalue weighted by Crippen LogP contribution is -2.82. The highest BCUT2D eigenvalue weighted by Crippen LogP contribution is 2.64. The van der Waals surface area contributed by atoms with Crippen molar-refractivity contribution in [3.05, 3.63) is 183 Å². The molecular formula is C75H84N6O21. The number of ether oxygens (including phenoxy) is 8. The van der Waals surface area contributed by atoms with Gasteiger partial charge >= 0.3 is 41.8 Å². The fourth-order valence-corrected chi connectivity index (χ4v) is 15.0. The first kappa shape index (κ1) is 73.1. The third-order valence-electron chi connectivity index (χ3n) is 21.0. The molecule has 540 valence electrons. The van der Waals surface area contributed by atoms with Crippen molar-refractivity contribution in [2.75, 3.05) is 60.0 Å². The summed E-state index contributed by atoms with van der Waals surface area (Å²) < 4.78 is 49.2. The average molecular weight is 1410 g/mol. The second-order valence-electron chi connectivity index (χ2n) is 27.8. The van der Waals surface area contributed by atoms with Crippen LogP contribution < -0.4 is 10.1 Å². The van der Waals surface area contributed by atoms with Gasteiger partial charge in [0.25, 0.3) is 11.8 Å². The monoisotopic (exact) mass is 1400 g/mol. The van der Waals surface area contributed by atoms with Crippen LogP contribution in [0.1, 0.15) is 128 Å². The molecule has 0 spiro atoms. The Kier molecular flexibility index (Phi) is 21.1. The third-order valence-corrected chi connectivity index (χ3v) is 21.0. The van der Waals surface area contributed by atoms with Crippen LogP contribution in [0.4, 0.5) is 15.3 Å². The fraction of sp³-hybridized carbons (Fsp3) is 0.453. The van der Waals surface area contributed by atoms with Gasteiger partial charge in [-0.15, -0.1) is 0 Å². The number of aliphatic hydroxyl groups excluding tert-OH is 1. The van der Waals surface area contributed by atoms with Crippen LogP contribution >= 0.6 is 0 Å². The molecule has 5 fully saturated rings. The van der Waals surface area contributed by atoms with Crippen LogP contribution in [0.25, 0.3) is 0 Å². The number of likely N-dealkylation sites (N-methyl/N-ethyl adjacent to an activating group) is 2. The number of ketones is 1. The predicted molar refractivity (Wildman–Crippen MR) is 362 cm³/mol. The summed E-state index contributed by atoms with van der Waals surface area (Å²) in [6.07, 6.45) is -12.2. The number of hydrogen-bond donors (Lipinski definition) is 3. The maximum atomic E-state index is 16.0. The Morgan fingerprint density at radius 1 is 0.745 bits per heavy atom. The molecule has 11 rings (SSSR count). The van der Waals surface area contributed by atoms with E-state index < -0.39 is 142 Å². The highest BCUT2D eigenvalue weighted by atomic mass is 16.6. The number of aliphatic hydroxyl groups is 2. The number of rotatable bonds is 21. The standard InChI is InChI=1S/C75H84N6O21/c1-43-56(41-75(92)65(101-68(88)50-23-17-12-18-24-50)63-73(7,57(84)40-58-74(63,42-95-58)102-46(4)83)64(85)61(97-45(3)82)59(43)72(75,5)6)99-69(89)62(60(47-19-13-10-14-20-47)76-66(86)48-21-15-11-16-22-48)100-71(91)78(9)34-33-77(8)70(90)96-44(2)51-27-32-54(81(93)94)55(39-51)98-53-30-25-49(26-31-53)67(87)80-37-35-79(36-38-80)52-28-29-52/h10-27,30-32,39,44,52,56-58,60-63,65,84,92H,28-29,33-38,40-42H2,1-9H3,(H,76,86)/t44?,56-,57-,58+,60-,61+,62+,63-,65-,73+,74-,75+/m0/s1. The second-order valence-corrected chi connectivity index (χ2v) is 27.8. The molecule has 27 nitrogen and oxygen atoms in total. The highest BCUT2D eigenvalue weighted by molar-refractivity contribution is 5.97. The number of nitro benzene ring substituents is 1. The summed E-state index contributed by atoms with van der Waals surface area (Å²) in [5, 5.41) is 41.6. The lowest BCUT2D eigenvalue weighted by Gasteiger charge is -2.67. The molecular weight excluding hydrogens is 1320 g/mol. The van der Waals surface area contributed by atoms with Gasteiger partial charge in [0.1, 0.15) is 41.8 Å². The first-order valence-electron chi connectivity index (χ1n) is 33.9. The van der Waals surface area contributed by atoms with Gasteiger partial charge in [-0.2, -0.15) is 0 Å². The van der Waals surface area contributed by atoms with E-state index in [2.05, 4.69) is 10.2 Å². The van der Waals surface area contributed by atoms with Crippen LogP contribution in [0.3, 0.4) is 0 Å². The quantitative estimate of drug-likeness (QED) is 0.0204. The van der Waals surface area contributed by atoms with Gasteiger partial charge in [-0.25, -0.2) is 19.2 Å². The molecule has 6 aliphatic rings. The van der Waals surface area contributed by atoms with E-state index in [1.807, 2.05) is 0 Å². The maximum absolute atomic E-state index is 16.0. The van der Waals surface area contributed by atoms with Gasteiger partial charge in [0.2, 0.25) is 11.9 Å². The largest absolute Gasteiger partial charge is 0.455 e. The molecule has 2 heterocycles. The van der Waals surface area contributed by atoms with E-state index >= 15 is 9.59 Å². The van der Waals surface area contributed by atoms with Gasteiger partial charge in [-0.3, -0.25) is 39.0 Å². The molecule has 3 N–H and O–H groups in total. The molecule has 27 heteroatoms. The molecule has 3 saturated carbocycles. The van der Waals surface area contributed by atoms with Crippen molar-refractivity contribution in [3.63, 3.8) is 0 Å². The summed E-state index contributed by atoms with van der Waals surface area (Å²) in [4.78, 5) is 148. The number of nitro groups is 1. The summed E-state index contributed by atoms with van der Waals surface area (Å²) in [5.41, 5.74) is -7.74.